The van der Waals surface area contributed by atoms with Gasteiger partial charge >= 0.3 is 5.97 Å². The minimum atomic E-state index is -3.88. The predicted molar refractivity (Wildman–Crippen MR) is 84.5 cm³/mol. The van der Waals surface area contributed by atoms with Gasteiger partial charge in [0.1, 0.15) is 4.33 Å². The third-order valence-electron chi connectivity index (χ3n) is 3.20. The zero-order valence-electron chi connectivity index (χ0n) is 12.0. The van der Waals surface area contributed by atoms with E-state index in [0.29, 0.717) is 0 Å². The van der Waals surface area contributed by atoms with Gasteiger partial charge in [0.05, 0.1) is 10.8 Å². The van der Waals surface area contributed by atoms with Gasteiger partial charge in [-0.25, -0.2) is 13.6 Å². The lowest BCUT2D eigenvalue weighted by atomic mass is 10.3. The normalized spacial score (nSPS) is 20.4. The molecule has 1 fully saturated rings. The maximum atomic E-state index is 12.0. The Hall–Kier alpha value is -1.35. The summed E-state index contributed by atoms with van der Waals surface area (Å²) < 4.78 is 26.4. The molecule has 2 atom stereocenters. The van der Waals surface area contributed by atoms with Crippen molar-refractivity contribution in [2.75, 3.05) is 5.32 Å². The van der Waals surface area contributed by atoms with E-state index in [-0.39, 0.29) is 17.0 Å². The highest BCUT2D eigenvalue weighted by atomic mass is 35.5. The number of hydrogen-bond donors (Lipinski definition) is 2. The summed E-state index contributed by atoms with van der Waals surface area (Å²) in [5.41, 5.74) is 0.208. The van der Waals surface area contributed by atoms with Gasteiger partial charge in [-0.1, -0.05) is 6.07 Å². The topological polar surface area (TPSA) is 116 Å². The number of nitrogens with two attached hydrogens (primary N) is 1. The second-order valence-electron chi connectivity index (χ2n) is 5.16. The zero-order chi connectivity index (χ0) is 17.4. The third kappa shape index (κ3) is 4.57. The van der Waals surface area contributed by atoms with Crippen LogP contribution in [-0.4, -0.2) is 30.7 Å². The van der Waals surface area contributed by atoms with Gasteiger partial charge in [0.25, 0.3) is 5.91 Å². The maximum Gasteiger partial charge on any atom is 0.312 e. The van der Waals surface area contributed by atoms with E-state index < -0.39 is 38.3 Å². The molecule has 1 aromatic rings. The Kier molecular flexibility index (Phi) is 4.91. The van der Waals surface area contributed by atoms with E-state index in [2.05, 4.69) is 5.32 Å². The molecular weight excluding hydrogens is 367 g/mol. The molecule has 0 aliphatic heterocycles. The first-order valence-corrected chi connectivity index (χ1v) is 8.83. The molecule has 10 heteroatoms. The molecule has 0 heterocycles. The number of sulfonamides is 1. The van der Waals surface area contributed by atoms with Gasteiger partial charge < -0.3 is 10.1 Å². The number of carbonyl (C=O) groups excluding carboxylic acids is 2. The van der Waals surface area contributed by atoms with Crippen molar-refractivity contribution in [3.05, 3.63) is 24.3 Å². The molecule has 0 saturated heterocycles. The minimum absolute atomic E-state index is 0.146. The van der Waals surface area contributed by atoms with E-state index in [1.807, 2.05) is 0 Å². The highest BCUT2D eigenvalue weighted by molar-refractivity contribution is 7.89. The summed E-state index contributed by atoms with van der Waals surface area (Å²) in [7, 11) is -3.88. The first kappa shape index (κ1) is 18.0. The van der Waals surface area contributed by atoms with E-state index in [1.165, 1.54) is 31.2 Å². The minimum Gasteiger partial charge on any atom is -0.452 e. The molecule has 23 heavy (non-hydrogen) atoms. The fraction of sp³-hybridized carbons (Fsp3) is 0.385. The van der Waals surface area contributed by atoms with E-state index in [4.69, 9.17) is 33.1 Å². The van der Waals surface area contributed by atoms with Crippen molar-refractivity contribution in [1.29, 1.82) is 0 Å². The molecule has 2 rings (SSSR count). The van der Waals surface area contributed by atoms with Crippen molar-refractivity contribution >= 4 is 50.8 Å². The molecule has 1 aromatic carbocycles. The van der Waals surface area contributed by atoms with Crippen LogP contribution in [0.5, 0.6) is 0 Å². The standard InChI is InChI=1S/C13H14Cl2N2O5S/c1-7(22-12(19)10-6-13(10,14)15)11(18)17-8-3-2-4-9(5-8)23(16,20)21/h2-5,7,10H,6H2,1H3,(H,17,18)(H2,16,20,21)/t7-,10-/m0/s1. The quantitative estimate of drug-likeness (QED) is 0.591. The number of benzene rings is 1. The first-order valence-electron chi connectivity index (χ1n) is 6.53. The van der Waals surface area contributed by atoms with Crippen LogP contribution in [0.25, 0.3) is 0 Å². The molecule has 3 N–H and O–H groups in total. The van der Waals surface area contributed by atoms with Crippen molar-refractivity contribution in [1.82, 2.24) is 0 Å². The Morgan fingerprint density at radius 2 is 2.04 bits per heavy atom. The second-order valence-corrected chi connectivity index (χ2v) is 8.26. The molecule has 7 nitrogen and oxygen atoms in total. The number of nitrogens with one attached hydrogen (secondary N) is 1. The first-order chi connectivity index (χ1) is 10.5. The lowest BCUT2D eigenvalue weighted by Gasteiger charge is -2.14. The molecule has 0 bridgehead atoms. The number of alkyl halides is 2. The van der Waals surface area contributed by atoms with Crippen LogP contribution in [-0.2, 0) is 24.3 Å². The van der Waals surface area contributed by atoms with Gasteiger partial charge in [0.15, 0.2) is 6.10 Å². The lowest BCUT2D eigenvalue weighted by Crippen LogP contribution is -2.31. The van der Waals surface area contributed by atoms with Crippen LogP contribution >= 0.6 is 23.2 Å². The van der Waals surface area contributed by atoms with Crippen molar-refractivity contribution in [2.45, 2.75) is 28.7 Å². The average Bonchev–Trinajstić information content (AvgIpc) is 3.07. The molecule has 0 unspecified atom stereocenters. The fourth-order valence-electron chi connectivity index (χ4n) is 1.77. The van der Waals surface area contributed by atoms with Crippen LogP contribution in [0.15, 0.2) is 29.2 Å². The average molecular weight is 381 g/mol. The molecule has 1 aliphatic rings. The summed E-state index contributed by atoms with van der Waals surface area (Å²) in [4.78, 5) is 23.5. The number of primary sulfonamides is 1. The summed E-state index contributed by atoms with van der Waals surface area (Å²) in [6.45, 7) is 1.38. The molecule has 1 aliphatic carbocycles. The molecule has 0 aromatic heterocycles. The molecule has 0 radical (unpaired) electrons. The number of halogens is 2. The summed E-state index contributed by atoms with van der Waals surface area (Å²) >= 11 is 11.5. The Bertz CT molecular complexity index is 750. The summed E-state index contributed by atoms with van der Waals surface area (Å²) in [5.74, 6) is -1.93. The number of rotatable bonds is 5. The van der Waals surface area contributed by atoms with Crippen molar-refractivity contribution in [3.63, 3.8) is 0 Å². The van der Waals surface area contributed by atoms with Crippen LogP contribution in [0.2, 0.25) is 0 Å². The SMILES string of the molecule is C[C@H](OC(=O)[C@@H]1CC1(Cl)Cl)C(=O)Nc1cccc(S(N)(=O)=O)c1. The van der Waals surface area contributed by atoms with Crippen molar-refractivity contribution in [3.8, 4) is 0 Å². The Balaban J connectivity index is 1.98. The smallest absolute Gasteiger partial charge is 0.312 e. The maximum absolute atomic E-state index is 12.0. The second kappa shape index (κ2) is 6.27. The third-order valence-corrected chi connectivity index (χ3v) is 4.95. The number of anilines is 1. The number of ether oxygens (including phenoxy) is 1. The van der Waals surface area contributed by atoms with E-state index in [9.17, 15) is 18.0 Å². The fourth-order valence-corrected chi connectivity index (χ4v) is 2.82. The molecule has 1 amide bonds. The molecular formula is C13H14Cl2N2O5S. The van der Waals surface area contributed by atoms with Crippen molar-refractivity contribution < 1.29 is 22.7 Å². The Morgan fingerprint density at radius 3 is 2.57 bits per heavy atom. The number of esters is 1. The van der Waals surface area contributed by atoms with Crippen LogP contribution < -0.4 is 10.5 Å². The van der Waals surface area contributed by atoms with E-state index >= 15 is 0 Å². The summed E-state index contributed by atoms with van der Waals surface area (Å²) in [5, 5.41) is 7.45. The number of hydrogen-bond acceptors (Lipinski definition) is 5. The van der Waals surface area contributed by atoms with E-state index in [1.54, 1.807) is 0 Å². The predicted octanol–water partition coefficient (Wildman–Crippen LogP) is 1.40. The Labute approximate surface area is 143 Å². The monoisotopic (exact) mass is 380 g/mol. The van der Waals surface area contributed by atoms with Gasteiger partial charge in [-0.3, -0.25) is 9.59 Å². The largest absolute Gasteiger partial charge is 0.452 e. The highest BCUT2D eigenvalue weighted by Gasteiger charge is 2.57. The van der Waals surface area contributed by atoms with Crippen LogP contribution in [0.3, 0.4) is 0 Å². The van der Waals surface area contributed by atoms with Crippen LogP contribution in [0, 0.1) is 5.92 Å². The Morgan fingerprint density at radius 1 is 1.43 bits per heavy atom. The lowest BCUT2D eigenvalue weighted by molar-refractivity contribution is -0.154. The molecule has 0 spiro atoms. The molecule has 126 valence electrons. The van der Waals surface area contributed by atoms with Crippen molar-refractivity contribution in [2.24, 2.45) is 11.1 Å². The number of carbonyl (C=O) groups is 2. The van der Waals surface area contributed by atoms with Crippen LogP contribution in [0.4, 0.5) is 5.69 Å². The van der Waals surface area contributed by atoms with Gasteiger partial charge in [-0.2, -0.15) is 0 Å². The number of amides is 1. The summed E-state index contributed by atoms with van der Waals surface area (Å²) in [6.07, 6.45) is -0.815. The van der Waals surface area contributed by atoms with Crippen LogP contribution in [0.1, 0.15) is 13.3 Å². The summed E-state index contributed by atoms with van der Waals surface area (Å²) in [6, 6.07) is 5.39. The zero-order valence-corrected chi connectivity index (χ0v) is 14.3. The molecule has 1 saturated carbocycles. The van der Waals surface area contributed by atoms with E-state index in [0.717, 1.165) is 0 Å². The highest BCUT2D eigenvalue weighted by Crippen LogP contribution is 2.53. The van der Waals surface area contributed by atoms with Gasteiger partial charge in [-0.15, -0.1) is 23.2 Å². The van der Waals surface area contributed by atoms with Gasteiger partial charge in [0.2, 0.25) is 10.0 Å². The van der Waals surface area contributed by atoms with Gasteiger partial charge in [0, 0.05) is 5.69 Å². The van der Waals surface area contributed by atoms with Gasteiger partial charge in [-0.05, 0) is 31.5 Å².